The molecule has 0 radical (unpaired) electrons. The third kappa shape index (κ3) is 2.40. The zero-order chi connectivity index (χ0) is 11.6. The van der Waals surface area contributed by atoms with E-state index in [4.69, 9.17) is 0 Å². The Morgan fingerprint density at radius 3 is 2.75 bits per heavy atom. The van der Waals surface area contributed by atoms with Crippen molar-refractivity contribution in [3.8, 4) is 0 Å². The summed E-state index contributed by atoms with van der Waals surface area (Å²) in [7, 11) is 0. The smallest absolute Gasteiger partial charge is 0.227 e. The van der Waals surface area contributed by atoms with Gasteiger partial charge in [0.2, 0.25) is 5.91 Å². The van der Waals surface area contributed by atoms with Crippen molar-refractivity contribution in [1.29, 1.82) is 0 Å². The molecule has 0 spiro atoms. The van der Waals surface area contributed by atoms with Crippen LogP contribution >= 0.6 is 0 Å². The van der Waals surface area contributed by atoms with Gasteiger partial charge in [-0.3, -0.25) is 4.79 Å². The first-order valence-corrected chi connectivity index (χ1v) is 6.63. The molecule has 0 aromatic heterocycles. The van der Waals surface area contributed by atoms with Gasteiger partial charge in [0.25, 0.3) is 0 Å². The molecule has 2 fully saturated rings. The molecule has 92 valence electrons. The summed E-state index contributed by atoms with van der Waals surface area (Å²) in [6, 6.07) is 0. The molecule has 1 amide bonds. The zero-order valence-corrected chi connectivity index (χ0v) is 10.6. The summed E-state index contributed by atoms with van der Waals surface area (Å²) in [5, 5.41) is 3.33. The average Bonchev–Trinajstić information content (AvgIpc) is 2.29. The second-order valence-electron chi connectivity index (χ2n) is 5.80. The SMILES string of the molecule is CC1(C)CCCCN1C(=O)[C@@H]1CCCNC1. The molecule has 1 N–H and O–H groups in total. The van der Waals surface area contributed by atoms with E-state index in [2.05, 4.69) is 24.1 Å². The van der Waals surface area contributed by atoms with Crippen LogP contribution in [-0.2, 0) is 4.79 Å². The second-order valence-corrected chi connectivity index (χ2v) is 5.80. The largest absolute Gasteiger partial charge is 0.337 e. The first-order valence-electron chi connectivity index (χ1n) is 6.63. The first-order chi connectivity index (χ1) is 7.61. The maximum Gasteiger partial charge on any atom is 0.227 e. The van der Waals surface area contributed by atoms with Gasteiger partial charge in [-0.1, -0.05) is 0 Å². The highest BCUT2D eigenvalue weighted by Gasteiger charge is 2.36. The molecular weight excluding hydrogens is 200 g/mol. The van der Waals surface area contributed by atoms with Crippen molar-refractivity contribution in [2.75, 3.05) is 19.6 Å². The Labute approximate surface area is 98.6 Å². The summed E-state index contributed by atoms with van der Waals surface area (Å²) in [6.07, 6.45) is 5.80. The maximum absolute atomic E-state index is 12.5. The predicted octanol–water partition coefficient (Wildman–Crippen LogP) is 1.78. The first kappa shape index (κ1) is 11.9. The fraction of sp³-hybridized carbons (Fsp3) is 0.923. The molecule has 0 unspecified atom stereocenters. The van der Waals surface area contributed by atoms with E-state index < -0.39 is 0 Å². The number of nitrogens with zero attached hydrogens (tertiary/aromatic N) is 1. The van der Waals surface area contributed by atoms with E-state index in [0.29, 0.717) is 5.91 Å². The monoisotopic (exact) mass is 224 g/mol. The standard InChI is InChI=1S/C13H24N2O/c1-13(2)7-3-4-9-15(13)12(16)11-6-5-8-14-10-11/h11,14H,3-10H2,1-2H3/t11-/m1/s1. The van der Waals surface area contributed by atoms with Gasteiger partial charge in [0.15, 0.2) is 0 Å². The number of amides is 1. The molecule has 2 heterocycles. The highest BCUT2D eigenvalue weighted by atomic mass is 16.2. The van der Waals surface area contributed by atoms with Crippen LogP contribution in [0.2, 0.25) is 0 Å². The average molecular weight is 224 g/mol. The van der Waals surface area contributed by atoms with E-state index in [1.54, 1.807) is 0 Å². The summed E-state index contributed by atoms with van der Waals surface area (Å²) < 4.78 is 0. The lowest BCUT2D eigenvalue weighted by molar-refractivity contribution is -0.143. The third-order valence-electron chi connectivity index (χ3n) is 4.06. The van der Waals surface area contributed by atoms with E-state index in [1.807, 2.05) is 0 Å². The lowest BCUT2D eigenvalue weighted by Gasteiger charge is -2.44. The second kappa shape index (κ2) is 4.74. The van der Waals surface area contributed by atoms with Crippen molar-refractivity contribution >= 4 is 5.91 Å². The maximum atomic E-state index is 12.5. The van der Waals surface area contributed by atoms with Gasteiger partial charge in [0.05, 0.1) is 5.92 Å². The summed E-state index contributed by atoms with van der Waals surface area (Å²) in [4.78, 5) is 14.6. The van der Waals surface area contributed by atoms with Crippen molar-refractivity contribution in [2.24, 2.45) is 5.92 Å². The van der Waals surface area contributed by atoms with Crippen LogP contribution < -0.4 is 5.32 Å². The lowest BCUT2D eigenvalue weighted by Crippen LogP contribution is -2.54. The minimum Gasteiger partial charge on any atom is -0.337 e. The Hall–Kier alpha value is -0.570. The minimum absolute atomic E-state index is 0.0762. The summed E-state index contributed by atoms with van der Waals surface area (Å²) in [5.41, 5.74) is 0.0762. The number of carbonyl (C=O) groups excluding carboxylic acids is 1. The van der Waals surface area contributed by atoms with Crippen LogP contribution in [0.5, 0.6) is 0 Å². The van der Waals surface area contributed by atoms with Crippen molar-refractivity contribution in [2.45, 2.75) is 51.5 Å². The minimum atomic E-state index is 0.0762. The van der Waals surface area contributed by atoms with E-state index >= 15 is 0 Å². The number of hydrogen-bond donors (Lipinski definition) is 1. The highest BCUT2D eigenvalue weighted by molar-refractivity contribution is 5.80. The number of piperidine rings is 2. The van der Waals surface area contributed by atoms with Gasteiger partial charge < -0.3 is 10.2 Å². The van der Waals surface area contributed by atoms with Gasteiger partial charge in [-0.15, -0.1) is 0 Å². The molecule has 3 heteroatoms. The number of likely N-dealkylation sites (tertiary alicyclic amines) is 1. The normalized spacial score (nSPS) is 30.1. The van der Waals surface area contributed by atoms with Crippen LogP contribution in [0.25, 0.3) is 0 Å². The molecule has 2 aliphatic heterocycles. The van der Waals surface area contributed by atoms with Crippen LogP contribution in [-0.4, -0.2) is 36.0 Å². The Morgan fingerprint density at radius 2 is 2.12 bits per heavy atom. The van der Waals surface area contributed by atoms with Crippen LogP contribution in [0.4, 0.5) is 0 Å². The van der Waals surface area contributed by atoms with E-state index in [1.165, 1.54) is 12.8 Å². The quantitative estimate of drug-likeness (QED) is 0.736. The predicted molar refractivity (Wildman–Crippen MR) is 65.2 cm³/mol. The van der Waals surface area contributed by atoms with E-state index in [9.17, 15) is 4.79 Å². The number of hydrogen-bond acceptors (Lipinski definition) is 2. The van der Waals surface area contributed by atoms with Crippen LogP contribution in [0, 0.1) is 5.92 Å². The summed E-state index contributed by atoms with van der Waals surface area (Å²) >= 11 is 0. The number of nitrogens with one attached hydrogen (secondary N) is 1. The fourth-order valence-electron chi connectivity index (χ4n) is 2.96. The Morgan fingerprint density at radius 1 is 1.31 bits per heavy atom. The molecule has 16 heavy (non-hydrogen) atoms. The van der Waals surface area contributed by atoms with Gasteiger partial charge in [0, 0.05) is 18.6 Å². The summed E-state index contributed by atoms with van der Waals surface area (Å²) in [5.74, 6) is 0.614. The number of carbonyl (C=O) groups is 1. The van der Waals surface area contributed by atoms with Crippen LogP contribution in [0.1, 0.15) is 46.0 Å². The molecule has 2 saturated heterocycles. The van der Waals surface area contributed by atoms with Gasteiger partial charge in [-0.05, 0) is 52.5 Å². The molecule has 0 aromatic rings. The molecule has 1 atom stereocenters. The zero-order valence-electron chi connectivity index (χ0n) is 10.6. The topological polar surface area (TPSA) is 32.3 Å². The molecular formula is C13H24N2O. The molecule has 0 aromatic carbocycles. The number of rotatable bonds is 1. The van der Waals surface area contributed by atoms with Gasteiger partial charge in [-0.2, -0.15) is 0 Å². The van der Waals surface area contributed by atoms with E-state index in [0.717, 1.165) is 38.9 Å². The molecule has 3 nitrogen and oxygen atoms in total. The molecule has 0 bridgehead atoms. The van der Waals surface area contributed by atoms with Crippen molar-refractivity contribution in [3.05, 3.63) is 0 Å². The molecule has 2 aliphatic rings. The van der Waals surface area contributed by atoms with Crippen molar-refractivity contribution < 1.29 is 4.79 Å². The van der Waals surface area contributed by atoms with Crippen molar-refractivity contribution in [1.82, 2.24) is 10.2 Å². The van der Waals surface area contributed by atoms with Gasteiger partial charge >= 0.3 is 0 Å². The van der Waals surface area contributed by atoms with Crippen LogP contribution in [0.3, 0.4) is 0 Å². The summed E-state index contributed by atoms with van der Waals surface area (Å²) in [6.45, 7) is 7.33. The third-order valence-corrected chi connectivity index (χ3v) is 4.06. The van der Waals surface area contributed by atoms with Gasteiger partial charge in [0.1, 0.15) is 0 Å². The highest BCUT2D eigenvalue weighted by Crippen LogP contribution is 2.29. The van der Waals surface area contributed by atoms with Crippen LogP contribution in [0.15, 0.2) is 0 Å². The molecule has 0 saturated carbocycles. The van der Waals surface area contributed by atoms with E-state index in [-0.39, 0.29) is 11.5 Å². The van der Waals surface area contributed by atoms with Crippen molar-refractivity contribution in [3.63, 3.8) is 0 Å². The van der Waals surface area contributed by atoms with Gasteiger partial charge in [-0.25, -0.2) is 0 Å². The lowest BCUT2D eigenvalue weighted by atomic mass is 9.87. The molecule has 0 aliphatic carbocycles. The fourth-order valence-corrected chi connectivity index (χ4v) is 2.96. The Kier molecular flexibility index (Phi) is 3.53. The molecule has 2 rings (SSSR count). The Balaban J connectivity index is 2.01. The Bertz CT molecular complexity index is 257.